The maximum Gasteiger partial charge on any atom is 0.319 e. The van der Waals surface area contributed by atoms with E-state index in [1.54, 1.807) is 13.0 Å². The number of ether oxygens (including phenoxy) is 2. The summed E-state index contributed by atoms with van der Waals surface area (Å²) in [6, 6.07) is 6.09. The average molecular weight is 589 g/mol. The van der Waals surface area contributed by atoms with Crippen LogP contribution in [0.2, 0.25) is 0 Å². The molecule has 0 bridgehead atoms. The molecule has 4 aromatic rings. The van der Waals surface area contributed by atoms with Gasteiger partial charge in [-0.1, -0.05) is 6.07 Å². The molecule has 2 aromatic carbocycles. The molecule has 3 fully saturated rings. The van der Waals surface area contributed by atoms with Crippen LogP contribution in [0.25, 0.3) is 32.9 Å². The van der Waals surface area contributed by atoms with E-state index in [4.69, 9.17) is 14.5 Å². The van der Waals surface area contributed by atoms with E-state index < -0.39 is 11.6 Å². The lowest BCUT2D eigenvalue weighted by molar-refractivity contribution is 0.107. The molecule has 0 aliphatic carbocycles. The number of aryl methyl sites for hydroxylation is 1. The van der Waals surface area contributed by atoms with E-state index in [9.17, 15) is 9.50 Å². The first-order chi connectivity index (χ1) is 20.9. The van der Waals surface area contributed by atoms with Crippen LogP contribution in [0, 0.1) is 18.6 Å². The highest BCUT2D eigenvalue weighted by Crippen LogP contribution is 2.44. The smallest absolute Gasteiger partial charge is 0.319 e. The van der Waals surface area contributed by atoms with E-state index in [2.05, 4.69) is 25.1 Å². The number of benzene rings is 2. The molecule has 4 aliphatic rings. The SMILES string of the molecule is Cc1c(F)ccc2cc(O)cc(-c3nc4c5c(nc(OCC67CCCN6CCC7)nc5c3F)N3CCNCC3CCO4)c12. The number of nitrogens with zero attached hydrogens (tertiary/aromatic N) is 5. The van der Waals surface area contributed by atoms with Gasteiger partial charge >= 0.3 is 6.01 Å². The summed E-state index contributed by atoms with van der Waals surface area (Å²) in [6.07, 6.45) is 5.12. The molecule has 9 nitrogen and oxygen atoms in total. The summed E-state index contributed by atoms with van der Waals surface area (Å²) in [6.45, 7) is 6.80. The maximum absolute atomic E-state index is 16.9. The van der Waals surface area contributed by atoms with Crippen molar-refractivity contribution in [3.8, 4) is 28.9 Å². The van der Waals surface area contributed by atoms with Crippen molar-refractivity contribution in [3.05, 3.63) is 41.5 Å². The number of aromatic nitrogens is 3. The first-order valence-electron chi connectivity index (χ1n) is 15.2. The minimum absolute atomic E-state index is 0.0280. The van der Waals surface area contributed by atoms with Crippen molar-refractivity contribution in [2.75, 3.05) is 50.8 Å². The van der Waals surface area contributed by atoms with E-state index in [0.29, 0.717) is 47.3 Å². The zero-order valence-corrected chi connectivity index (χ0v) is 24.1. The molecule has 1 atom stereocenters. The van der Waals surface area contributed by atoms with Gasteiger partial charge in [0.2, 0.25) is 5.88 Å². The number of halogens is 2. The molecule has 0 amide bonds. The zero-order chi connectivity index (χ0) is 29.3. The molecular weight excluding hydrogens is 554 g/mol. The quantitative estimate of drug-likeness (QED) is 0.352. The Kier molecular flexibility index (Phi) is 6.30. The highest BCUT2D eigenvalue weighted by molar-refractivity contribution is 6.03. The van der Waals surface area contributed by atoms with Crippen LogP contribution < -0.4 is 19.7 Å². The second kappa shape index (κ2) is 10.1. The number of aromatic hydroxyl groups is 1. The number of rotatable bonds is 4. The number of nitrogens with one attached hydrogen (secondary N) is 1. The fourth-order valence-electron chi connectivity index (χ4n) is 7.70. The van der Waals surface area contributed by atoms with Crippen LogP contribution >= 0.6 is 0 Å². The van der Waals surface area contributed by atoms with Crippen LogP contribution in [0.1, 0.15) is 37.7 Å². The normalized spacial score (nSPS) is 21.4. The van der Waals surface area contributed by atoms with Gasteiger partial charge in [-0.05, 0) is 80.2 Å². The number of phenols is 1. The van der Waals surface area contributed by atoms with Crippen LogP contribution in [-0.2, 0) is 0 Å². The van der Waals surface area contributed by atoms with E-state index >= 15 is 4.39 Å². The summed E-state index contributed by atoms with van der Waals surface area (Å²) in [5.74, 6) is -0.434. The summed E-state index contributed by atoms with van der Waals surface area (Å²) < 4.78 is 44.2. The Balaban J connectivity index is 1.34. The predicted octanol–water partition coefficient (Wildman–Crippen LogP) is 4.71. The van der Waals surface area contributed by atoms with Crippen molar-refractivity contribution >= 4 is 27.5 Å². The number of piperazine rings is 1. The topological polar surface area (TPSA) is 95.9 Å². The monoisotopic (exact) mass is 588 g/mol. The Labute approximate surface area is 247 Å². The fraction of sp³-hybridized carbons (Fsp3) is 0.469. The predicted molar refractivity (Wildman–Crippen MR) is 159 cm³/mol. The minimum atomic E-state index is -0.694. The Morgan fingerprint density at radius 1 is 1.09 bits per heavy atom. The van der Waals surface area contributed by atoms with E-state index in [0.717, 1.165) is 58.3 Å². The van der Waals surface area contributed by atoms with Gasteiger partial charge in [-0.15, -0.1) is 0 Å². The standard InChI is InChI=1S/C32H34F2N6O3/c1-18-23(33)5-4-19-14-21(41)15-22(24(18)19)27-26(34)28-25-29(40-12-9-35-16-20(40)6-13-42-30(25)36-27)38-31(37-28)43-17-32-7-2-10-39(32)11-3-8-32/h4-5,14-15,20,35,41H,2-3,6-13,16-17H2,1H3. The Hall–Kier alpha value is -3.83. The number of anilines is 1. The van der Waals surface area contributed by atoms with Gasteiger partial charge in [0.15, 0.2) is 5.82 Å². The molecular formula is C32H34F2N6O3. The maximum atomic E-state index is 16.9. The number of hydrogen-bond acceptors (Lipinski definition) is 9. The summed E-state index contributed by atoms with van der Waals surface area (Å²) in [5, 5.41) is 15.5. The summed E-state index contributed by atoms with van der Waals surface area (Å²) >= 11 is 0. The lowest BCUT2D eigenvalue weighted by Gasteiger charge is -2.39. The molecule has 0 radical (unpaired) electrons. The minimum Gasteiger partial charge on any atom is -0.508 e. The van der Waals surface area contributed by atoms with Crippen LogP contribution in [0.3, 0.4) is 0 Å². The van der Waals surface area contributed by atoms with Gasteiger partial charge in [0.05, 0.1) is 12.1 Å². The molecule has 6 heterocycles. The van der Waals surface area contributed by atoms with Crippen molar-refractivity contribution in [2.45, 2.75) is 50.6 Å². The molecule has 0 spiro atoms. The Morgan fingerprint density at radius 3 is 2.77 bits per heavy atom. The van der Waals surface area contributed by atoms with Gasteiger partial charge in [0, 0.05) is 37.7 Å². The van der Waals surface area contributed by atoms with Gasteiger partial charge in [-0.3, -0.25) is 4.90 Å². The van der Waals surface area contributed by atoms with Gasteiger partial charge in [-0.2, -0.15) is 9.97 Å². The third kappa shape index (κ3) is 4.27. The van der Waals surface area contributed by atoms with Crippen molar-refractivity contribution in [3.63, 3.8) is 0 Å². The van der Waals surface area contributed by atoms with Crippen molar-refractivity contribution in [1.29, 1.82) is 0 Å². The fourth-order valence-corrected chi connectivity index (χ4v) is 7.70. The molecule has 43 heavy (non-hydrogen) atoms. The third-order valence-electron chi connectivity index (χ3n) is 9.86. The first kappa shape index (κ1) is 26.8. The Morgan fingerprint density at radius 2 is 1.93 bits per heavy atom. The van der Waals surface area contributed by atoms with Gasteiger partial charge < -0.3 is 24.8 Å². The number of hydrogen-bond donors (Lipinski definition) is 2. The summed E-state index contributed by atoms with van der Waals surface area (Å²) in [7, 11) is 0. The molecule has 4 aliphatic heterocycles. The second-order valence-corrected chi connectivity index (χ2v) is 12.3. The second-order valence-electron chi connectivity index (χ2n) is 12.3. The molecule has 8 rings (SSSR count). The van der Waals surface area contributed by atoms with E-state index in [-0.39, 0.29) is 46.0 Å². The van der Waals surface area contributed by atoms with Gasteiger partial charge in [-0.25, -0.2) is 13.8 Å². The number of phenolic OH excluding ortho intramolecular Hbond substituents is 1. The zero-order valence-electron chi connectivity index (χ0n) is 24.1. The van der Waals surface area contributed by atoms with Gasteiger partial charge in [0.1, 0.15) is 40.6 Å². The van der Waals surface area contributed by atoms with Crippen LogP contribution in [-0.4, -0.2) is 82.5 Å². The highest BCUT2D eigenvalue weighted by Gasteiger charge is 2.45. The van der Waals surface area contributed by atoms with E-state index in [1.807, 2.05) is 0 Å². The molecule has 0 saturated carbocycles. The summed E-state index contributed by atoms with van der Waals surface area (Å²) in [5.41, 5.74) is 0.547. The van der Waals surface area contributed by atoms with E-state index in [1.165, 1.54) is 18.2 Å². The first-order valence-corrected chi connectivity index (χ1v) is 15.2. The largest absolute Gasteiger partial charge is 0.508 e. The van der Waals surface area contributed by atoms with Crippen LogP contribution in [0.4, 0.5) is 14.6 Å². The molecule has 2 N–H and O–H groups in total. The van der Waals surface area contributed by atoms with Crippen molar-refractivity contribution < 1.29 is 23.4 Å². The lowest BCUT2D eigenvalue weighted by atomic mass is 9.95. The highest BCUT2D eigenvalue weighted by atomic mass is 19.1. The molecule has 3 saturated heterocycles. The molecule has 1 unspecified atom stereocenters. The molecule has 11 heteroatoms. The lowest BCUT2D eigenvalue weighted by Crippen LogP contribution is -2.52. The third-order valence-corrected chi connectivity index (χ3v) is 9.86. The molecule has 224 valence electrons. The van der Waals surface area contributed by atoms with Gasteiger partial charge in [0.25, 0.3) is 0 Å². The van der Waals surface area contributed by atoms with Crippen molar-refractivity contribution in [2.24, 2.45) is 0 Å². The molecule has 2 aromatic heterocycles. The number of fused-ring (bicyclic) bond motifs is 4. The van der Waals surface area contributed by atoms with Crippen molar-refractivity contribution in [1.82, 2.24) is 25.2 Å². The van der Waals surface area contributed by atoms with Crippen LogP contribution in [0.15, 0.2) is 24.3 Å². The summed E-state index contributed by atoms with van der Waals surface area (Å²) in [4.78, 5) is 18.9. The van der Waals surface area contributed by atoms with Crippen LogP contribution in [0.5, 0.6) is 17.6 Å². The average Bonchev–Trinajstić information content (AvgIpc) is 3.58. The number of pyridine rings is 1. The Bertz CT molecular complexity index is 1760.